The predicted octanol–water partition coefficient (Wildman–Crippen LogP) is 0.378. The normalized spacial score (nSPS) is 10.5. The van der Waals surface area contributed by atoms with Crippen LogP contribution in [-0.2, 0) is 11.4 Å². The molecule has 1 aromatic heterocycles. The fourth-order valence-electron chi connectivity index (χ4n) is 1.16. The molecule has 0 radical (unpaired) electrons. The molecule has 1 N–H and O–H groups in total. The molecule has 6 heteroatoms. The number of amides is 1. The largest absolute Gasteiger partial charge is 0.477 e. The number of aliphatic hydroxyl groups excluding tert-OH is 1. The fourth-order valence-corrected chi connectivity index (χ4v) is 1.16. The lowest BCUT2D eigenvalue weighted by molar-refractivity contribution is -0.133. The van der Waals surface area contributed by atoms with Gasteiger partial charge in [-0.15, -0.1) is 0 Å². The minimum absolute atomic E-state index is 0.0438. The highest BCUT2D eigenvalue weighted by molar-refractivity contribution is 5.77. The first-order valence-corrected chi connectivity index (χ1v) is 5.56. The van der Waals surface area contributed by atoms with E-state index in [1.165, 1.54) is 4.90 Å². The van der Waals surface area contributed by atoms with Crippen LogP contribution in [0.5, 0.6) is 5.75 Å². The second-order valence-corrected chi connectivity index (χ2v) is 4.12. The number of aliphatic hydroxyl groups is 1. The lowest BCUT2D eigenvalue weighted by atomic mass is 10.3. The Morgan fingerprint density at radius 3 is 2.72 bits per heavy atom. The van der Waals surface area contributed by atoms with E-state index < -0.39 is 5.43 Å². The molecule has 18 heavy (non-hydrogen) atoms. The van der Waals surface area contributed by atoms with E-state index in [2.05, 4.69) is 0 Å². The molecule has 0 atom stereocenters. The monoisotopic (exact) mass is 255 g/mol. The number of hydrogen-bond acceptors (Lipinski definition) is 5. The summed E-state index contributed by atoms with van der Waals surface area (Å²) >= 11 is 0. The van der Waals surface area contributed by atoms with Crippen molar-refractivity contribution in [3.63, 3.8) is 0 Å². The first-order chi connectivity index (χ1) is 8.45. The van der Waals surface area contributed by atoms with Crippen molar-refractivity contribution in [2.24, 2.45) is 0 Å². The summed E-state index contributed by atoms with van der Waals surface area (Å²) in [5.41, 5.74) is -0.426. The molecule has 0 unspecified atom stereocenters. The van der Waals surface area contributed by atoms with Gasteiger partial charge in [0.25, 0.3) is 5.91 Å². The Bertz CT molecular complexity index is 466. The number of carbonyl (C=O) groups excluding carboxylic acids is 1. The number of nitrogens with zero attached hydrogens (tertiary/aromatic N) is 1. The number of likely N-dealkylation sites (N-methyl/N-ethyl adjacent to an activating group) is 1. The molecular formula is C12H17NO5. The van der Waals surface area contributed by atoms with Gasteiger partial charge in [0.2, 0.25) is 11.2 Å². The molecule has 0 spiro atoms. The van der Waals surface area contributed by atoms with Crippen LogP contribution in [-0.4, -0.2) is 35.6 Å². The van der Waals surface area contributed by atoms with Crippen LogP contribution < -0.4 is 10.2 Å². The third kappa shape index (κ3) is 3.59. The van der Waals surface area contributed by atoms with Crippen molar-refractivity contribution in [1.82, 2.24) is 4.90 Å². The van der Waals surface area contributed by atoms with Crippen molar-refractivity contribution >= 4 is 5.91 Å². The maximum atomic E-state index is 11.6. The van der Waals surface area contributed by atoms with Crippen molar-refractivity contribution in [2.45, 2.75) is 26.5 Å². The topological polar surface area (TPSA) is 80.0 Å². The maximum Gasteiger partial charge on any atom is 0.260 e. The lowest BCUT2D eigenvalue weighted by Crippen LogP contribution is -2.36. The summed E-state index contributed by atoms with van der Waals surface area (Å²) in [6, 6.07) is 1.20. The Kier molecular flexibility index (Phi) is 4.91. The molecule has 100 valence electrons. The van der Waals surface area contributed by atoms with Gasteiger partial charge >= 0.3 is 0 Å². The molecule has 6 nitrogen and oxygen atoms in total. The van der Waals surface area contributed by atoms with Crippen molar-refractivity contribution in [2.75, 3.05) is 13.7 Å². The van der Waals surface area contributed by atoms with E-state index in [1.807, 2.05) is 13.8 Å². The molecule has 1 aromatic rings. The van der Waals surface area contributed by atoms with E-state index in [-0.39, 0.29) is 36.7 Å². The van der Waals surface area contributed by atoms with Crippen molar-refractivity contribution in [3.05, 3.63) is 28.3 Å². The van der Waals surface area contributed by atoms with E-state index in [0.717, 1.165) is 12.3 Å². The van der Waals surface area contributed by atoms with E-state index in [1.54, 1.807) is 7.05 Å². The Morgan fingerprint density at radius 1 is 1.56 bits per heavy atom. The van der Waals surface area contributed by atoms with Gasteiger partial charge in [-0.25, -0.2) is 0 Å². The quantitative estimate of drug-likeness (QED) is 0.822. The molecule has 1 amide bonds. The molecule has 0 aliphatic carbocycles. The second-order valence-electron chi connectivity index (χ2n) is 4.12. The Balaban J connectivity index is 2.64. The fraction of sp³-hybridized carbons (Fsp3) is 0.500. The maximum absolute atomic E-state index is 11.6. The third-order valence-corrected chi connectivity index (χ3v) is 2.53. The Morgan fingerprint density at radius 2 is 2.22 bits per heavy atom. The second kappa shape index (κ2) is 6.20. The van der Waals surface area contributed by atoms with Gasteiger partial charge in [-0.3, -0.25) is 9.59 Å². The highest BCUT2D eigenvalue weighted by Crippen LogP contribution is 2.06. The smallest absolute Gasteiger partial charge is 0.260 e. The summed E-state index contributed by atoms with van der Waals surface area (Å²) < 4.78 is 10.0. The first kappa shape index (κ1) is 14.2. The predicted molar refractivity (Wildman–Crippen MR) is 64.3 cm³/mol. The molecule has 0 fully saturated rings. The zero-order valence-corrected chi connectivity index (χ0v) is 10.7. The minimum Gasteiger partial charge on any atom is -0.477 e. The van der Waals surface area contributed by atoms with Gasteiger partial charge in [0.1, 0.15) is 18.6 Å². The number of rotatable bonds is 5. The summed E-state index contributed by atoms with van der Waals surface area (Å²) in [4.78, 5) is 24.6. The molecule has 0 aliphatic rings. The average molecular weight is 255 g/mol. The zero-order valence-electron chi connectivity index (χ0n) is 10.7. The standard InChI is InChI=1S/C12H17NO5/c1-8(2)13(3)12(16)7-18-11-6-17-9(5-14)4-10(11)15/h4,6,8,14H,5,7H2,1-3H3. The highest BCUT2D eigenvalue weighted by Gasteiger charge is 2.13. The lowest BCUT2D eigenvalue weighted by Gasteiger charge is -2.21. The van der Waals surface area contributed by atoms with Crippen molar-refractivity contribution < 1.29 is 19.1 Å². The average Bonchev–Trinajstić information content (AvgIpc) is 2.35. The first-order valence-electron chi connectivity index (χ1n) is 5.56. The van der Waals surface area contributed by atoms with Crippen LogP contribution in [0.1, 0.15) is 19.6 Å². The highest BCUT2D eigenvalue weighted by atomic mass is 16.5. The van der Waals surface area contributed by atoms with Crippen LogP contribution >= 0.6 is 0 Å². The van der Waals surface area contributed by atoms with Gasteiger partial charge in [-0.05, 0) is 13.8 Å². The molecule has 0 saturated carbocycles. The number of carbonyl (C=O) groups is 1. The van der Waals surface area contributed by atoms with Crippen LogP contribution in [0.4, 0.5) is 0 Å². The van der Waals surface area contributed by atoms with Gasteiger partial charge < -0.3 is 19.2 Å². The van der Waals surface area contributed by atoms with Crippen LogP contribution in [0.25, 0.3) is 0 Å². The molecule has 0 saturated heterocycles. The summed E-state index contributed by atoms with van der Waals surface area (Å²) in [7, 11) is 1.66. The number of hydrogen-bond donors (Lipinski definition) is 1. The molecule has 0 aliphatic heterocycles. The SMILES string of the molecule is CC(C)N(C)C(=O)COc1coc(CO)cc1=O. The third-order valence-electron chi connectivity index (χ3n) is 2.53. The minimum atomic E-state index is -0.426. The zero-order chi connectivity index (χ0) is 13.7. The van der Waals surface area contributed by atoms with Crippen molar-refractivity contribution in [1.29, 1.82) is 0 Å². The van der Waals surface area contributed by atoms with E-state index in [0.29, 0.717) is 0 Å². The Hall–Kier alpha value is -1.82. The summed E-state index contributed by atoms with van der Waals surface area (Å²) in [6.45, 7) is 3.17. The van der Waals surface area contributed by atoms with Gasteiger partial charge in [-0.2, -0.15) is 0 Å². The summed E-state index contributed by atoms with van der Waals surface area (Å²) in [6.07, 6.45) is 1.09. The van der Waals surface area contributed by atoms with Crippen molar-refractivity contribution in [3.8, 4) is 5.75 Å². The number of ether oxygens (including phenoxy) is 1. The van der Waals surface area contributed by atoms with Crippen LogP contribution in [0.15, 0.2) is 21.5 Å². The van der Waals surface area contributed by atoms with Gasteiger partial charge in [0.15, 0.2) is 6.61 Å². The van der Waals surface area contributed by atoms with E-state index in [4.69, 9.17) is 14.3 Å². The molecule has 1 heterocycles. The van der Waals surface area contributed by atoms with Gasteiger partial charge in [0, 0.05) is 19.2 Å². The summed E-state index contributed by atoms with van der Waals surface area (Å²) in [5.74, 6) is -0.119. The summed E-state index contributed by atoms with van der Waals surface area (Å²) in [5, 5.41) is 8.77. The van der Waals surface area contributed by atoms with E-state index >= 15 is 0 Å². The van der Waals surface area contributed by atoms with Gasteiger partial charge in [-0.1, -0.05) is 0 Å². The van der Waals surface area contributed by atoms with Gasteiger partial charge in [0.05, 0.1) is 0 Å². The molecule has 0 bridgehead atoms. The van der Waals surface area contributed by atoms with Crippen LogP contribution in [0.3, 0.4) is 0 Å². The van der Waals surface area contributed by atoms with E-state index in [9.17, 15) is 9.59 Å². The Labute approximate surface area is 105 Å². The molecule has 0 aromatic carbocycles. The van der Waals surface area contributed by atoms with Crippen LogP contribution in [0, 0.1) is 0 Å². The van der Waals surface area contributed by atoms with Crippen LogP contribution in [0.2, 0.25) is 0 Å². The molecular weight excluding hydrogens is 238 g/mol. The molecule has 1 rings (SSSR count).